The van der Waals surface area contributed by atoms with Crippen LogP contribution in [0, 0.1) is 13.8 Å². The lowest BCUT2D eigenvalue weighted by Gasteiger charge is -2.28. The third-order valence-electron chi connectivity index (χ3n) is 3.65. The quantitative estimate of drug-likeness (QED) is 0.818. The molecule has 1 aromatic rings. The molecule has 2 amide bonds. The monoisotopic (exact) mass is 304 g/mol. The molecule has 0 aliphatic heterocycles. The highest BCUT2D eigenvalue weighted by Crippen LogP contribution is 2.22. The second-order valence-electron chi connectivity index (χ2n) is 5.67. The molecular weight excluding hydrogens is 280 g/mol. The van der Waals surface area contributed by atoms with Crippen LogP contribution in [0.3, 0.4) is 0 Å². The summed E-state index contributed by atoms with van der Waals surface area (Å²) in [5.74, 6) is 0. The van der Waals surface area contributed by atoms with Gasteiger partial charge in [-0.2, -0.15) is 0 Å². The maximum absolute atomic E-state index is 11.6. The number of amides is 2. The van der Waals surface area contributed by atoms with Crippen molar-refractivity contribution in [2.24, 2.45) is 0 Å². The van der Waals surface area contributed by atoms with Crippen LogP contribution in [-0.4, -0.2) is 34.7 Å². The fourth-order valence-corrected chi connectivity index (χ4v) is 2.62. The summed E-state index contributed by atoms with van der Waals surface area (Å²) in [5, 5.41) is 5.70. The number of aromatic nitrogens is 2. The largest absolute Gasteiger partial charge is 0.460 e. The molecule has 1 aromatic heterocycles. The Bertz CT molecular complexity index is 505. The van der Waals surface area contributed by atoms with E-state index in [-0.39, 0.29) is 18.2 Å². The average Bonchev–Trinajstić information content (AvgIpc) is 2.46. The lowest BCUT2D eigenvalue weighted by atomic mass is 9.93. The number of hydrogen-bond acceptors (Lipinski definition) is 4. The van der Waals surface area contributed by atoms with Gasteiger partial charge in [0.25, 0.3) is 0 Å². The van der Waals surface area contributed by atoms with Crippen molar-refractivity contribution < 1.29 is 9.53 Å². The minimum absolute atomic E-state index is 0.121. The first-order valence-corrected chi connectivity index (χ1v) is 7.71. The van der Waals surface area contributed by atoms with Crippen molar-refractivity contribution in [1.82, 2.24) is 20.6 Å². The Kier molecular flexibility index (Phi) is 5.75. The number of rotatable bonds is 5. The van der Waals surface area contributed by atoms with E-state index in [2.05, 4.69) is 27.2 Å². The lowest BCUT2D eigenvalue weighted by Crippen LogP contribution is -2.44. The number of ether oxygens (including phenoxy) is 1. The van der Waals surface area contributed by atoms with Gasteiger partial charge in [-0.05, 0) is 45.6 Å². The number of hydrogen-bond donors (Lipinski definition) is 2. The summed E-state index contributed by atoms with van der Waals surface area (Å²) in [7, 11) is 0. The zero-order valence-corrected chi connectivity index (χ0v) is 13.3. The Hall–Kier alpha value is -2.11. The third kappa shape index (κ3) is 5.02. The molecule has 0 aromatic carbocycles. The molecule has 1 saturated carbocycles. The minimum atomic E-state index is -0.137. The highest BCUT2D eigenvalue weighted by Gasteiger charge is 2.24. The van der Waals surface area contributed by atoms with Crippen LogP contribution in [0.2, 0.25) is 0 Å². The Morgan fingerprint density at radius 2 is 1.95 bits per heavy atom. The van der Waals surface area contributed by atoms with Gasteiger partial charge in [0.15, 0.2) is 0 Å². The Morgan fingerprint density at radius 1 is 1.32 bits per heavy atom. The summed E-state index contributed by atoms with van der Waals surface area (Å²) in [6.07, 6.45) is 5.36. The van der Waals surface area contributed by atoms with Gasteiger partial charge in [-0.25, -0.2) is 14.8 Å². The first-order valence-electron chi connectivity index (χ1n) is 7.71. The molecule has 0 radical (unpaired) electrons. The van der Waals surface area contributed by atoms with Crippen LogP contribution < -0.4 is 15.4 Å². The van der Waals surface area contributed by atoms with Crippen molar-refractivity contribution in [3.63, 3.8) is 0 Å². The van der Waals surface area contributed by atoms with Gasteiger partial charge in [-0.15, -0.1) is 6.58 Å². The van der Waals surface area contributed by atoms with Crippen LogP contribution in [0.4, 0.5) is 4.79 Å². The molecule has 1 fully saturated rings. The summed E-state index contributed by atoms with van der Waals surface area (Å²) >= 11 is 0. The fourth-order valence-electron chi connectivity index (χ4n) is 2.62. The van der Waals surface area contributed by atoms with E-state index in [0.717, 1.165) is 37.1 Å². The predicted molar refractivity (Wildman–Crippen MR) is 84.9 cm³/mol. The number of carbonyl (C=O) groups is 1. The predicted octanol–water partition coefficient (Wildman–Crippen LogP) is 2.27. The molecule has 0 bridgehead atoms. The molecule has 120 valence electrons. The molecule has 0 spiro atoms. The fraction of sp³-hybridized carbons (Fsp3) is 0.562. The van der Waals surface area contributed by atoms with Gasteiger partial charge in [0, 0.05) is 24.0 Å². The Morgan fingerprint density at radius 3 is 2.55 bits per heavy atom. The third-order valence-corrected chi connectivity index (χ3v) is 3.65. The first-order chi connectivity index (χ1) is 10.6. The average molecular weight is 304 g/mol. The number of nitrogens with one attached hydrogen (secondary N) is 2. The van der Waals surface area contributed by atoms with E-state index in [4.69, 9.17) is 4.74 Å². The van der Waals surface area contributed by atoms with Gasteiger partial charge >= 0.3 is 12.0 Å². The molecule has 22 heavy (non-hydrogen) atoms. The van der Waals surface area contributed by atoms with Crippen molar-refractivity contribution >= 4 is 6.03 Å². The van der Waals surface area contributed by atoms with Crippen molar-refractivity contribution in [2.75, 3.05) is 6.54 Å². The molecule has 1 aliphatic rings. The molecule has 2 N–H and O–H groups in total. The maximum atomic E-state index is 11.6. The van der Waals surface area contributed by atoms with Crippen molar-refractivity contribution in [3.05, 3.63) is 30.1 Å². The number of aryl methyl sites for hydroxylation is 2. The summed E-state index contributed by atoms with van der Waals surface area (Å²) in [6, 6.07) is 2.44. The minimum Gasteiger partial charge on any atom is -0.460 e. The maximum Gasteiger partial charge on any atom is 0.317 e. The van der Waals surface area contributed by atoms with Crippen molar-refractivity contribution in [1.29, 1.82) is 0 Å². The molecule has 0 unspecified atom stereocenters. The number of carbonyl (C=O) groups excluding carboxylic acids is 1. The van der Waals surface area contributed by atoms with E-state index in [1.807, 2.05) is 19.9 Å². The summed E-state index contributed by atoms with van der Waals surface area (Å²) < 4.78 is 5.87. The topological polar surface area (TPSA) is 76.1 Å². The van der Waals surface area contributed by atoms with Crippen molar-refractivity contribution in [2.45, 2.75) is 51.7 Å². The second-order valence-corrected chi connectivity index (χ2v) is 5.67. The van der Waals surface area contributed by atoms with Gasteiger partial charge in [0.05, 0.1) is 0 Å². The number of urea groups is 1. The van der Waals surface area contributed by atoms with E-state index >= 15 is 0 Å². The van der Waals surface area contributed by atoms with E-state index in [1.54, 1.807) is 6.08 Å². The van der Waals surface area contributed by atoms with E-state index in [0.29, 0.717) is 12.6 Å². The highest BCUT2D eigenvalue weighted by atomic mass is 16.5. The molecule has 2 rings (SSSR count). The Labute approximate surface area is 131 Å². The van der Waals surface area contributed by atoms with Gasteiger partial charge in [0.2, 0.25) is 0 Å². The molecular formula is C16H24N4O2. The smallest absolute Gasteiger partial charge is 0.317 e. The SMILES string of the molecule is C=CCNC(=O)NC1CCC(Oc2nc(C)cc(C)n2)CC1. The van der Waals surface area contributed by atoms with E-state index in [9.17, 15) is 4.79 Å². The molecule has 6 nitrogen and oxygen atoms in total. The number of nitrogens with zero attached hydrogens (tertiary/aromatic N) is 2. The van der Waals surface area contributed by atoms with Crippen molar-refractivity contribution in [3.8, 4) is 6.01 Å². The zero-order chi connectivity index (χ0) is 15.9. The Balaban J connectivity index is 1.77. The zero-order valence-electron chi connectivity index (χ0n) is 13.3. The van der Waals surface area contributed by atoms with Crippen LogP contribution in [0.5, 0.6) is 6.01 Å². The normalized spacial score (nSPS) is 21.0. The molecule has 0 atom stereocenters. The lowest BCUT2D eigenvalue weighted by molar-refractivity contribution is 0.128. The van der Waals surface area contributed by atoms with E-state index < -0.39 is 0 Å². The van der Waals surface area contributed by atoms with Crippen LogP contribution >= 0.6 is 0 Å². The summed E-state index contributed by atoms with van der Waals surface area (Å²) in [4.78, 5) is 20.2. The molecule has 6 heteroatoms. The standard InChI is InChI=1S/C16H24N4O2/c1-4-9-17-15(21)20-13-5-7-14(8-6-13)22-16-18-11(2)10-12(3)19-16/h4,10,13-14H,1,5-9H2,2-3H3,(H2,17,20,21). The van der Waals surface area contributed by atoms with Gasteiger partial charge in [-0.1, -0.05) is 6.08 Å². The summed E-state index contributed by atoms with van der Waals surface area (Å²) in [6.45, 7) is 7.92. The van der Waals surface area contributed by atoms with Gasteiger partial charge in [0.1, 0.15) is 6.10 Å². The van der Waals surface area contributed by atoms with Crippen LogP contribution in [0.15, 0.2) is 18.7 Å². The van der Waals surface area contributed by atoms with Gasteiger partial charge in [-0.3, -0.25) is 0 Å². The molecule has 1 heterocycles. The first kappa shape index (κ1) is 16.3. The van der Waals surface area contributed by atoms with E-state index in [1.165, 1.54) is 0 Å². The van der Waals surface area contributed by atoms with Crippen LogP contribution in [0.1, 0.15) is 37.1 Å². The van der Waals surface area contributed by atoms with Gasteiger partial charge < -0.3 is 15.4 Å². The summed E-state index contributed by atoms with van der Waals surface area (Å²) in [5.41, 5.74) is 1.83. The molecule has 0 saturated heterocycles. The highest BCUT2D eigenvalue weighted by molar-refractivity contribution is 5.74. The second kappa shape index (κ2) is 7.77. The van der Waals surface area contributed by atoms with Crippen LogP contribution in [-0.2, 0) is 0 Å². The molecule has 1 aliphatic carbocycles. The van der Waals surface area contributed by atoms with Crippen LogP contribution in [0.25, 0.3) is 0 Å².